The summed E-state index contributed by atoms with van der Waals surface area (Å²) >= 11 is 0. The van der Waals surface area contributed by atoms with Crippen LogP contribution in [0.25, 0.3) is 0 Å². The van der Waals surface area contributed by atoms with Gasteiger partial charge in [-0.15, -0.1) is 0 Å². The van der Waals surface area contributed by atoms with E-state index in [1.807, 2.05) is 20.8 Å². The van der Waals surface area contributed by atoms with Gasteiger partial charge in [0.25, 0.3) is 0 Å². The van der Waals surface area contributed by atoms with Gasteiger partial charge < -0.3 is 15.8 Å². The largest absolute Gasteiger partial charge is 0.444 e. The highest BCUT2D eigenvalue weighted by Gasteiger charge is 2.38. The number of hydrogen-bond acceptors (Lipinski definition) is 3. The van der Waals surface area contributed by atoms with E-state index in [2.05, 4.69) is 11.9 Å². The quantitative estimate of drug-likeness (QED) is 0.758. The predicted molar refractivity (Wildman–Crippen MR) is 73.4 cm³/mol. The molecule has 18 heavy (non-hydrogen) atoms. The Hall–Kier alpha value is -1.03. The molecule has 1 amide bonds. The average molecular weight is 254 g/mol. The van der Waals surface area contributed by atoms with Crippen molar-refractivity contribution in [2.24, 2.45) is 5.73 Å². The van der Waals surface area contributed by atoms with Crippen molar-refractivity contribution < 1.29 is 9.53 Å². The standard InChI is InChI=1S/C14H26N2O2/c1-11(7-10-15)14(8-5-6-9-14)16-12(17)18-13(2,3)4/h1,5-10,15H2,2-4H3,(H,16,17). The molecule has 0 aromatic rings. The summed E-state index contributed by atoms with van der Waals surface area (Å²) in [6.45, 7) is 10.3. The Bertz CT molecular complexity index is 312. The van der Waals surface area contributed by atoms with Gasteiger partial charge >= 0.3 is 6.09 Å². The number of amides is 1. The molecule has 0 atom stereocenters. The first-order valence-corrected chi connectivity index (χ1v) is 6.68. The molecule has 0 bridgehead atoms. The third-order valence-corrected chi connectivity index (χ3v) is 3.32. The van der Waals surface area contributed by atoms with Crippen LogP contribution in [-0.2, 0) is 4.74 Å². The monoisotopic (exact) mass is 254 g/mol. The summed E-state index contributed by atoms with van der Waals surface area (Å²) in [6.07, 6.45) is 4.48. The van der Waals surface area contributed by atoms with Crippen molar-refractivity contribution in [3.8, 4) is 0 Å². The van der Waals surface area contributed by atoms with Gasteiger partial charge in [-0.05, 0) is 46.6 Å². The summed E-state index contributed by atoms with van der Waals surface area (Å²) in [6, 6.07) is 0. The molecule has 3 N–H and O–H groups in total. The topological polar surface area (TPSA) is 64.3 Å². The van der Waals surface area contributed by atoms with Crippen LogP contribution in [0.4, 0.5) is 4.79 Å². The molecule has 0 heterocycles. The molecule has 1 rings (SSSR count). The van der Waals surface area contributed by atoms with E-state index >= 15 is 0 Å². The van der Waals surface area contributed by atoms with E-state index in [1.165, 1.54) is 0 Å². The van der Waals surface area contributed by atoms with E-state index < -0.39 is 5.60 Å². The highest BCUT2D eigenvalue weighted by Crippen LogP contribution is 2.36. The minimum absolute atomic E-state index is 0.304. The number of nitrogens with two attached hydrogens (primary N) is 1. The first-order chi connectivity index (χ1) is 8.29. The Labute approximate surface area is 110 Å². The fourth-order valence-corrected chi connectivity index (χ4v) is 2.46. The summed E-state index contributed by atoms with van der Waals surface area (Å²) in [5.41, 5.74) is 5.83. The van der Waals surface area contributed by atoms with Crippen LogP contribution in [0, 0.1) is 0 Å². The van der Waals surface area contributed by atoms with Gasteiger partial charge in [0.05, 0.1) is 5.54 Å². The van der Waals surface area contributed by atoms with Gasteiger partial charge in [0.15, 0.2) is 0 Å². The molecule has 1 aliphatic carbocycles. The first-order valence-electron chi connectivity index (χ1n) is 6.68. The van der Waals surface area contributed by atoms with E-state index in [4.69, 9.17) is 10.5 Å². The third-order valence-electron chi connectivity index (χ3n) is 3.32. The summed E-state index contributed by atoms with van der Waals surface area (Å²) in [5, 5.41) is 3.02. The van der Waals surface area contributed by atoms with Gasteiger partial charge in [0.2, 0.25) is 0 Å². The highest BCUT2D eigenvalue weighted by molar-refractivity contribution is 5.69. The first kappa shape index (κ1) is 15.0. The number of alkyl carbamates (subject to hydrolysis) is 1. The number of ether oxygens (including phenoxy) is 1. The Morgan fingerprint density at radius 3 is 2.39 bits per heavy atom. The lowest BCUT2D eigenvalue weighted by atomic mass is 9.87. The maximum atomic E-state index is 11.9. The van der Waals surface area contributed by atoms with Gasteiger partial charge in [0.1, 0.15) is 5.60 Å². The summed E-state index contributed by atoms with van der Waals surface area (Å²) in [5.74, 6) is 0. The second-order valence-corrected chi connectivity index (χ2v) is 6.06. The lowest BCUT2D eigenvalue weighted by Gasteiger charge is -2.33. The zero-order valence-corrected chi connectivity index (χ0v) is 11.8. The van der Waals surface area contributed by atoms with Crippen molar-refractivity contribution in [3.05, 3.63) is 12.2 Å². The molecular formula is C14H26N2O2. The van der Waals surface area contributed by atoms with Crippen molar-refractivity contribution in [1.82, 2.24) is 5.32 Å². The van der Waals surface area contributed by atoms with Gasteiger partial charge in [-0.2, -0.15) is 0 Å². The number of rotatable bonds is 4. The zero-order valence-electron chi connectivity index (χ0n) is 11.8. The maximum absolute atomic E-state index is 11.9. The summed E-state index contributed by atoms with van der Waals surface area (Å²) in [7, 11) is 0. The second-order valence-electron chi connectivity index (χ2n) is 6.06. The van der Waals surface area contributed by atoms with E-state index in [9.17, 15) is 4.79 Å². The van der Waals surface area contributed by atoms with Gasteiger partial charge in [-0.1, -0.05) is 25.0 Å². The minimum atomic E-state index is -0.473. The van der Waals surface area contributed by atoms with Crippen molar-refractivity contribution in [1.29, 1.82) is 0 Å². The molecule has 1 fully saturated rings. The molecule has 0 saturated heterocycles. The molecule has 4 heteroatoms. The van der Waals surface area contributed by atoms with Crippen molar-refractivity contribution in [2.45, 2.75) is 64.0 Å². The maximum Gasteiger partial charge on any atom is 0.408 e. The fourth-order valence-electron chi connectivity index (χ4n) is 2.46. The molecular weight excluding hydrogens is 228 g/mol. The van der Waals surface area contributed by atoms with Crippen LogP contribution in [0.2, 0.25) is 0 Å². The molecule has 0 aliphatic heterocycles. The van der Waals surface area contributed by atoms with Gasteiger partial charge in [0, 0.05) is 0 Å². The van der Waals surface area contributed by atoms with Crippen molar-refractivity contribution in [2.75, 3.05) is 6.54 Å². The van der Waals surface area contributed by atoms with Gasteiger partial charge in [-0.25, -0.2) is 4.79 Å². The molecule has 0 radical (unpaired) electrons. The zero-order chi connectivity index (χ0) is 13.8. The lowest BCUT2D eigenvalue weighted by Crippen LogP contribution is -2.49. The third kappa shape index (κ3) is 4.02. The van der Waals surface area contributed by atoms with Crippen LogP contribution in [0.3, 0.4) is 0 Å². The van der Waals surface area contributed by atoms with Crippen molar-refractivity contribution >= 4 is 6.09 Å². The number of nitrogens with one attached hydrogen (secondary N) is 1. The molecule has 1 aliphatic rings. The smallest absolute Gasteiger partial charge is 0.408 e. The average Bonchev–Trinajstić information content (AvgIpc) is 2.64. The molecule has 0 spiro atoms. The van der Waals surface area contributed by atoms with Crippen LogP contribution in [-0.4, -0.2) is 23.8 Å². The van der Waals surface area contributed by atoms with Crippen molar-refractivity contribution in [3.63, 3.8) is 0 Å². The molecule has 0 aromatic heterocycles. The van der Waals surface area contributed by atoms with Crippen LogP contribution >= 0.6 is 0 Å². The predicted octanol–water partition coefficient (Wildman–Crippen LogP) is 2.73. The number of hydrogen-bond donors (Lipinski definition) is 2. The Kier molecular flexibility index (Phi) is 4.79. The molecule has 0 unspecified atom stereocenters. The lowest BCUT2D eigenvalue weighted by molar-refractivity contribution is 0.0473. The van der Waals surface area contributed by atoms with E-state index in [0.29, 0.717) is 6.54 Å². The normalized spacial score (nSPS) is 18.4. The Morgan fingerprint density at radius 1 is 1.39 bits per heavy atom. The Morgan fingerprint density at radius 2 is 1.94 bits per heavy atom. The van der Waals surface area contributed by atoms with E-state index in [0.717, 1.165) is 37.7 Å². The molecule has 4 nitrogen and oxygen atoms in total. The van der Waals surface area contributed by atoms with Crippen LogP contribution in [0.1, 0.15) is 52.9 Å². The highest BCUT2D eigenvalue weighted by atomic mass is 16.6. The van der Waals surface area contributed by atoms with E-state index in [1.54, 1.807) is 0 Å². The summed E-state index contributed by atoms with van der Waals surface area (Å²) < 4.78 is 5.33. The fraction of sp³-hybridized carbons (Fsp3) is 0.786. The number of carbonyl (C=O) groups excluding carboxylic acids is 1. The van der Waals surface area contributed by atoms with E-state index in [-0.39, 0.29) is 11.6 Å². The number of carbonyl (C=O) groups is 1. The van der Waals surface area contributed by atoms with Crippen LogP contribution in [0.15, 0.2) is 12.2 Å². The van der Waals surface area contributed by atoms with Gasteiger partial charge in [-0.3, -0.25) is 0 Å². The Balaban J connectivity index is 2.69. The SMILES string of the molecule is C=C(CCN)C1(NC(=O)OC(C)(C)C)CCCC1. The molecule has 1 saturated carbocycles. The van der Waals surface area contributed by atoms with Crippen LogP contribution in [0.5, 0.6) is 0 Å². The van der Waals surface area contributed by atoms with Crippen LogP contribution < -0.4 is 11.1 Å². The summed E-state index contributed by atoms with van der Waals surface area (Å²) in [4.78, 5) is 11.9. The molecule has 0 aromatic carbocycles. The minimum Gasteiger partial charge on any atom is -0.444 e. The second kappa shape index (κ2) is 5.74. The molecule has 104 valence electrons.